The van der Waals surface area contributed by atoms with Gasteiger partial charge in [0.2, 0.25) is 11.4 Å². The Morgan fingerprint density at radius 3 is 2.55 bits per heavy atom. The van der Waals surface area contributed by atoms with Crippen LogP contribution in [0.5, 0.6) is 0 Å². The molecule has 3 atom stereocenters. The van der Waals surface area contributed by atoms with E-state index < -0.39 is 0 Å². The smallest absolute Gasteiger partial charge is 0.270 e. The Balaban J connectivity index is 1.38. The van der Waals surface area contributed by atoms with Gasteiger partial charge >= 0.3 is 0 Å². The molecule has 3 aromatic heterocycles. The molecule has 1 unspecified atom stereocenters. The first-order chi connectivity index (χ1) is 18.3. The molecule has 0 radical (unpaired) electrons. The van der Waals surface area contributed by atoms with Crippen LogP contribution in [0.25, 0.3) is 15.9 Å². The number of hydrogen-bond acceptors (Lipinski definition) is 7. The summed E-state index contributed by atoms with van der Waals surface area (Å²) in [6.07, 6.45) is 2.23. The van der Waals surface area contributed by atoms with E-state index in [1.54, 1.807) is 23.7 Å². The van der Waals surface area contributed by atoms with E-state index in [-0.39, 0.29) is 23.7 Å². The summed E-state index contributed by atoms with van der Waals surface area (Å²) in [6, 6.07) is 13.4. The van der Waals surface area contributed by atoms with E-state index in [1.807, 2.05) is 18.2 Å². The van der Waals surface area contributed by atoms with E-state index in [0.29, 0.717) is 41.7 Å². The molecule has 4 heterocycles. The van der Waals surface area contributed by atoms with Crippen LogP contribution in [-0.2, 0) is 7.05 Å². The fraction of sp³-hybridized carbons (Fsp3) is 0.393. The molecule has 0 spiro atoms. The number of benzene rings is 1. The zero-order valence-corrected chi connectivity index (χ0v) is 23.1. The van der Waals surface area contributed by atoms with Crippen LogP contribution in [0.4, 0.5) is 11.5 Å². The number of pyridine rings is 2. The highest BCUT2D eigenvalue weighted by atomic mass is 79.9. The van der Waals surface area contributed by atoms with E-state index in [0.717, 1.165) is 34.4 Å². The third-order valence-electron chi connectivity index (χ3n) is 7.66. The standard InChI is InChI=1S/C28H28BrN7O2/c1-16-15-36(26(18-7-9-20(29)10-8-18)28-32-27(33-38-28)19-5-6-19)17(2)14-35(16)22-13-24(37)34(4)21-11-12-23(30-3)31-25(21)22/h7-13,16-17,19,26H,5-6,14-15H2,1-2,4H3/t16-,17+,26?/m0/s1. The quantitative estimate of drug-likeness (QED) is 0.303. The van der Waals surface area contributed by atoms with Crippen LogP contribution >= 0.6 is 15.9 Å². The second kappa shape index (κ2) is 9.64. The van der Waals surface area contributed by atoms with Crippen molar-refractivity contribution >= 4 is 38.5 Å². The lowest BCUT2D eigenvalue weighted by molar-refractivity contribution is 0.110. The number of aryl methyl sites for hydroxylation is 1. The van der Waals surface area contributed by atoms with Gasteiger partial charge in [-0.15, -0.1) is 4.98 Å². The lowest BCUT2D eigenvalue weighted by Crippen LogP contribution is -2.57. The minimum Gasteiger partial charge on any atom is -0.362 e. The SMILES string of the molecule is [C-]#[N+]c1ccc2c(n1)c(N1C[C@@H](C)N(C(c3ccc(Br)cc3)c3nc(C4CC4)no3)C[C@@H]1C)cc(=O)n2C. The highest BCUT2D eigenvalue weighted by Crippen LogP contribution is 2.40. The second-order valence-corrected chi connectivity index (χ2v) is 11.3. The van der Waals surface area contributed by atoms with Crippen molar-refractivity contribution in [2.24, 2.45) is 7.05 Å². The molecule has 0 amide bonds. The Bertz CT molecular complexity index is 1600. The van der Waals surface area contributed by atoms with Gasteiger partial charge in [0.25, 0.3) is 11.4 Å². The maximum atomic E-state index is 12.9. The Labute approximate surface area is 229 Å². The first-order valence-corrected chi connectivity index (χ1v) is 13.6. The summed E-state index contributed by atoms with van der Waals surface area (Å²) in [7, 11) is 1.74. The van der Waals surface area contributed by atoms with Gasteiger partial charge in [0.1, 0.15) is 6.04 Å². The first-order valence-electron chi connectivity index (χ1n) is 12.8. The third-order valence-corrected chi connectivity index (χ3v) is 8.19. The number of nitrogens with zero attached hydrogens (tertiary/aromatic N) is 7. The van der Waals surface area contributed by atoms with Crippen molar-refractivity contribution in [2.45, 2.75) is 50.7 Å². The molecule has 2 fully saturated rings. The summed E-state index contributed by atoms with van der Waals surface area (Å²) in [5.41, 5.74) is 3.14. The van der Waals surface area contributed by atoms with Crippen LogP contribution in [0.3, 0.4) is 0 Å². The van der Waals surface area contributed by atoms with E-state index >= 15 is 0 Å². The average molecular weight is 574 g/mol. The van der Waals surface area contributed by atoms with Crippen LogP contribution in [0.2, 0.25) is 0 Å². The minimum absolute atomic E-state index is 0.0590. The number of aromatic nitrogens is 4. The van der Waals surface area contributed by atoms with Crippen LogP contribution in [0.1, 0.15) is 55.9 Å². The Morgan fingerprint density at radius 1 is 1.08 bits per heavy atom. The molecule has 9 nitrogen and oxygen atoms in total. The highest BCUT2D eigenvalue weighted by Gasteiger charge is 2.39. The molecule has 194 valence electrons. The maximum absolute atomic E-state index is 12.9. The van der Waals surface area contributed by atoms with E-state index in [2.05, 4.69) is 66.7 Å². The van der Waals surface area contributed by atoms with Gasteiger partial charge in [0.05, 0.1) is 11.2 Å². The van der Waals surface area contributed by atoms with Gasteiger partial charge in [-0.2, -0.15) is 4.98 Å². The van der Waals surface area contributed by atoms with Crippen LogP contribution in [0, 0.1) is 6.57 Å². The van der Waals surface area contributed by atoms with Crippen molar-refractivity contribution in [3.8, 4) is 0 Å². The van der Waals surface area contributed by atoms with Crippen molar-refractivity contribution in [1.82, 2.24) is 24.6 Å². The minimum atomic E-state index is -0.185. The molecule has 6 rings (SSSR count). The van der Waals surface area contributed by atoms with Crippen LogP contribution < -0.4 is 10.5 Å². The zero-order valence-electron chi connectivity index (χ0n) is 21.5. The summed E-state index contributed by atoms with van der Waals surface area (Å²) >= 11 is 3.55. The van der Waals surface area contributed by atoms with E-state index in [9.17, 15) is 4.79 Å². The predicted octanol–water partition coefficient (Wildman–Crippen LogP) is 5.20. The van der Waals surface area contributed by atoms with Crippen LogP contribution in [0.15, 0.2) is 56.3 Å². The summed E-state index contributed by atoms with van der Waals surface area (Å²) in [6.45, 7) is 13.2. The number of fused-ring (bicyclic) bond motifs is 1. The highest BCUT2D eigenvalue weighted by molar-refractivity contribution is 9.10. The molecule has 2 aliphatic rings. The summed E-state index contributed by atoms with van der Waals surface area (Å²) < 4.78 is 8.46. The van der Waals surface area contributed by atoms with Crippen molar-refractivity contribution < 1.29 is 4.52 Å². The number of piperazine rings is 1. The molecule has 1 aliphatic carbocycles. The number of rotatable bonds is 5. The fourth-order valence-corrected chi connectivity index (χ4v) is 5.68. The third kappa shape index (κ3) is 4.40. The van der Waals surface area contributed by atoms with Crippen molar-refractivity contribution in [2.75, 3.05) is 18.0 Å². The molecular formula is C28H28BrN7O2. The topological polar surface area (TPSA) is 84.7 Å². The first kappa shape index (κ1) is 24.8. The molecule has 1 aliphatic heterocycles. The van der Waals surface area contributed by atoms with Gasteiger partial charge in [0.15, 0.2) is 5.82 Å². The predicted molar refractivity (Wildman–Crippen MR) is 148 cm³/mol. The molecule has 1 saturated heterocycles. The van der Waals surface area contributed by atoms with Gasteiger partial charge in [-0.3, -0.25) is 9.69 Å². The van der Waals surface area contributed by atoms with Gasteiger partial charge in [-0.05, 0) is 56.5 Å². The van der Waals surface area contributed by atoms with Crippen molar-refractivity contribution in [1.29, 1.82) is 0 Å². The molecule has 1 saturated carbocycles. The number of halogens is 1. The number of anilines is 1. The largest absolute Gasteiger partial charge is 0.362 e. The summed E-state index contributed by atoms with van der Waals surface area (Å²) in [5.74, 6) is 2.14. The molecular weight excluding hydrogens is 546 g/mol. The van der Waals surface area contributed by atoms with Gasteiger partial charge in [-0.1, -0.05) is 39.8 Å². The summed E-state index contributed by atoms with van der Waals surface area (Å²) in [4.78, 5) is 30.5. The molecule has 0 bridgehead atoms. The van der Waals surface area contributed by atoms with Gasteiger partial charge < -0.3 is 18.8 Å². The number of hydrogen-bond donors (Lipinski definition) is 0. The fourth-order valence-electron chi connectivity index (χ4n) is 5.42. The van der Waals surface area contributed by atoms with Crippen molar-refractivity contribution in [3.05, 3.63) is 86.0 Å². The van der Waals surface area contributed by atoms with Crippen LogP contribution in [-0.4, -0.2) is 49.8 Å². The molecule has 38 heavy (non-hydrogen) atoms. The average Bonchev–Trinajstić information content (AvgIpc) is 3.66. The monoisotopic (exact) mass is 573 g/mol. The molecule has 1 aromatic carbocycles. The molecule has 0 N–H and O–H groups in total. The van der Waals surface area contributed by atoms with E-state index in [4.69, 9.17) is 16.1 Å². The zero-order chi connectivity index (χ0) is 26.6. The molecule has 4 aromatic rings. The molecule has 10 heteroatoms. The normalized spacial score (nSPS) is 21.0. The lowest BCUT2D eigenvalue weighted by Gasteiger charge is -2.47. The van der Waals surface area contributed by atoms with Crippen molar-refractivity contribution in [3.63, 3.8) is 0 Å². The Morgan fingerprint density at radius 2 is 1.84 bits per heavy atom. The van der Waals surface area contributed by atoms with Gasteiger partial charge in [-0.25, -0.2) is 0 Å². The Hall–Kier alpha value is -3.55. The Kier molecular flexibility index (Phi) is 6.28. The second-order valence-electron chi connectivity index (χ2n) is 10.3. The van der Waals surface area contributed by atoms with Gasteiger partial charge in [0, 0.05) is 48.7 Å². The maximum Gasteiger partial charge on any atom is 0.270 e. The lowest BCUT2D eigenvalue weighted by atomic mass is 9.98. The summed E-state index contributed by atoms with van der Waals surface area (Å²) in [5, 5.41) is 4.31. The van der Waals surface area contributed by atoms with E-state index in [1.165, 1.54) is 0 Å².